The van der Waals surface area contributed by atoms with Crippen molar-refractivity contribution in [3.8, 4) is 11.8 Å². The van der Waals surface area contributed by atoms with E-state index in [1.165, 1.54) is 4.90 Å². The van der Waals surface area contributed by atoms with E-state index in [1.807, 2.05) is 43.3 Å². The first-order valence-corrected chi connectivity index (χ1v) is 10.2. The lowest BCUT2D eigenvalue weighted by Gasteiger charge is -2.35. The zero-order valence-corrected chi connectivity index (χ0v) is 17.8. The number of carbonyl (C=O) groups excluding carboxylic acids is 1. The van der Waals surface area contributed by atoms with Crippen LogP contribution in [-0.2, 0) is 4.74 Å². The van der Waals surface area contributed by atoms with Gasteiger partial charge in [-0.05, 0) is 55.7 Å². The molecule has 1 amide bonds. The summed E-state index contributed by atoms with van der Waals surface area (Å²) >= 11 is 9.36. The number of nitrogens with zero attached hydrogens (tertiary/aromatic N) is 1. The Labute approximate surface area is 178 Å². The van der Waals surface area contributed by atoms with Gasteiger partial charge in [0.1, 0.15) is 11.7 Å². The van der Waals surface area contributed by atoms with Crippen molar-refractivity contribution in [1.82, 2.24) is 4.90 Å². The van der Waals surface area contributed by atoms with Gasteiger partial charge in [-0.2, -0.15) is 0 Å². The van der Waals surface area contributed by atoms with Gasteiger partial charge in [0, 0.05) is 21.6 Å². The SMILES string of the molecule is CC(OC(=O)N1CCCC(O)(C#Cc2cccc(Cl)c2)C1)c1ccc(Br)cc1. The summed E-state index contributed by atoms with van der Waals surface area (Å²) in [4.78, 5) is 14.1. The number of aliphatic hydroxyl groups is 1. The summed E-state index contributed by atoms with van der Waals surface area (Å²) in [5.41, 5.74) is 0.370. The lowest BCUT2D eigenvalue weighted by molar-refractivity contribution is 0.00189. The van der Waals surface area contributed by atoms with Crippen LogP contribution in [0.25, 0.3) is 0 Å². The topological polar surface area (TPSA) is 49.8 Å². The van der Waals surface area contributed by atoms with Crippen LogP contribution in [0, 0.1) is 11.8 Å². The molecule has 1 saturated heterocycles. The molecule has 0 aromatic heterocycles. The highest BCUT2D eigenvalue weighted by Gasteiger charge is 2.35. The van der Waals surface area contributed by atoms with Crippen LogP contribution in [0.3, 0.4) is 0 Å². The van der Waals surface area contributed by atoms with E-state index < -0.39 is 11.7 Å². The number of carbonyl (C=O) groups is 1. The predicted molar refractivity (Wildman–Crippen MR) is 113 cm³/mol. The summed E-state index contributed by atoms with van der Waals surface area (Å²) in [5.74, 6) is 5.87. The van der Waals surface area contributed by atoms with Gasteiger partial charge in [-0.1, -0.05) is 57.6 Å². The first kappa shape index (κ1) is 20.7. The van der Waals surface area contributed by atoms with Crippen LogP contribution in [0.1, 0.15) is 37.0 Å². The quantitative estimate of drug-likeness (QED) is 0.626. The Morgan fingerprint density at radius 1 is 1.32 bits per heavy atom. The van der Waals surface area contributed by atoms with Crippen molar-refractivity contribution in [2.24, 2.45) is 0 Å². The number of benzene rings is 2. The fourth-order valence-electron chi connectivity index (χ4n) is 3.08. The van der Waals surface area contributed by atoms with Crippen molar-refractivity contribution in [2.45, 2.75) is 31.5 Å². The summed E-state index contributed by atoms with van der Waals surface area (Å²) in [6.07, 6.45) is 0.334. The van der Waals surface area contributed by atoms with E-state index in [0.717, 1.165) is 15.6 Å². The van der Waals surface area contributed by atoms with Crippen LogP contribution >= 0.6 is 27.5 Å². The average Bonchev–Trinajstić information content (AvgIpc) is 2.67. The highest BCUT2D eigenvalue weighted by molar-refractivity contribution is 9.10. The molecule has 1 fully saturated rings. The second-order valence-corrected chi connectivity index (χ2v) is 8.25. The third-order valence-electron chi connectivity index (χ3n) is 4.61. The van der Waals surface area contributed by atoms with Crippen molar-refractivity contribution in [3.05, 3.63) is 69.2 Å². The Bertz CT molecular complexity index is 906. The van der Waals surface area contributed by atoms with Gasteiger partial charge in [0.15, 0.2) is 0 Å². The van der Waals surface area contributed by atoms with E-state index >= 15 is 0 Å². The lowest BCUT2D eigenvalue weighted by Crippen LogP contribution is -2.49. The predicted octanol–water partition coefficient (Wildman–Crippen LogP) is 5.18. The molecule has 4 nitrogen and oxygen atoms in total. The molecule has 6 heteroatoms. The number of hydrogen-bond acceptors (Lipinski definition) is 3. The van der Waals surface area contributed by atoms with E-state index in [4.69, 9.17) is 16.3 Å². The Hall–Kier alpha value is -2.00. The van der Waals surface area contributed by atoms with Crippen molar-refractivity contribution >= 4 is 33.6 Å². The summed E-state index contributed by atoms with van der Waals surface area (Å²) in [7, 11) is 0. The van der Waals surface area contributed by atoms with Crippen molar-refractivity contribution < 1.29 is 14.6 Å². The second-order valence-electron chi connectivity index (χ2n) is 6.89. The maximum Gasteiger partial charge on any atom is 0.410 e. The molecule has 146 valence electrons. The van der Waals surface area contributed by atoms with Crippen LogP contribution in [0.15, 0.2) is 53.0 Å². The molecular weight excluding hydrogens is 442 g/mol. The van der Waals surface area contributed by atoms with Crippen LogP contribution in [-0.4, -0.2) is 34.8 Å². The molecule has 3 rings (SSSR count). The minimum Gasteiger partial charge on any atom is -0.442 e. The first-order valence-electron chi connectivity index (χ1n) is 9.07. The van der Waals surface area contributed by atoms with Gasteiger partial charge in [0.05, 0.1) is 6.54 Å². The summed E-state index contributed by atoms with van der Waals surface area (Å²) in [6, 6.07) is 14.8. The maximum atomic E-state index is 12.6. The van der Waals surface area contributed by atoms with Gasteiger partial charge < -0.3 is 14.7 Å². The largest absolute Gasteiger partial charge is 0.442 e. The summed E-state index contributed by atoms with van der Waals surface area (Å²) < 4.78 is 6.55. The fourth-order valence-corrected chi connectivity index (χ4v) is 3.53. The van der Waals surface area contributed by atoms with Gasteiger partial charge in [-0.3, -0.25) is 0 Å². The molecule has 0 saturated carbocycles. The van der Waals surface area contributed by atoms with E-state index in [-0.39, 0.29) is 12.6 Å². The number of halogens is 2. The maximum absolute atomic E-state index is 12.6. The minimum absolute atomic E-state index is 0.118. The van der Waals surface area contributed by atoms with Crippen LogP contribution in [0.4, 0.5) is 4.79 Å². The molecule has 28 heavy (non-hydrogen) atoms. The Kier molecular flexibility index (Phi) is 6.66. The standard InChI is InChI=1S/C22H21BrClNO3/c1-16(18-6-8-19(23)9-7-18)28-21(26)25-13-3-11-22(27,15-25)12-10-17-4-2-5-20(24)14-17/h2,4-9,14,16,27H,3,11,13,15H2,1H3. The van der Waals surface area contributed by atoms with Crippen molar-refractivity contribution in [3.63, 3.8) is 0 Å². The number of ether oxygens (including phenoxy) is 1. The average molecular weight is 463 g/mol. The van der Waals surface area contributed by atoms with E-state index in [2.05, 4.69) is 27.8 Å². The summed E-state index contributed by atoms with van der Waals surface area (Å²) in [6.45, 7) is 2.48. The highest BCUT2D eigenvalue weighted by atomic mass is 79.9. The summed E-state index contributed by atoms with van der Waals surface area (Å²) in [5, 5.41) is 11.4. The molecule has 0 bridgehead atoms. The molecular formula is C22H21BrClNO3. The molecule has 2 aromatic rings. The number of β-amino-alcohol motifs (C(OH)–C–C–N with tert-alkyl or cyclic N) is 1. The van der Waals surface area contributed by atoms with Gasteiger partial charge in [0.25, 0.3) is 0 Å². The van der Waals surface area contributed by atoms with Crippen LogP contribution in [0.2, 0.25) is 5.02 Å². The Morgan fingerprint density at radius 3 is 2.79 bits per heavy atom. The third-order valence-corrected chi connectivity index (χ3v) is 5.37. The number of hydrogen-bond donors (Lipinski definition) is 1. The van der Waals surface area contributed by atoms with Gasteiger partial charge in [-0.15, -0.1) is 0 Å². The number of rotatable bonds is 2. The Balaban J connectivity index is 1.65. The molecule has 0 radical (unpaired) electrons. The third kappa shape index (κ3) is 5.51. The molecule has 1 aliphatic rings. The normalized spacial score (nSPS) is 20.1. The molecule has 1 aliphatic heterocycles. The lowest BCUT2D eigenvalue weighted by atomic mass is 9.93. The van der Waals surface area contributed by atoms with Gasteiger partial charge >= 0.3 is 6.09 Å². The molecule has 0 spiro atoms. The number of amides is 1. The zero-order valence-electron chi connectivity index (χ0n) is 15.5. The van der Waals surface area contributed by atoms with Crippen LogP contribution < -0.4 is 0 Å². The van der Waals surface area contributed by atoms with Crippen molar-refractivity contribution in [1.29, 1.82) is 0 Å². The first-order chi connectivity index (χ1) is 13.3. The molecule has 2 unspecified atom stereocenters. The number of piperidine rings is 1. The molecule has 1 N–H and O–H groups in total. The van der Waals surface area contributed by atoms with Crippen LogP contribution in [0.5, 0.6) is 0 Å². The molecule has 0 aliphatic carbocycles. The number of likely N-dealkylation sites (tertiary alicyclic amines) is 1. The van der Waals surface area contributed by atoms with Crippen molar-refractivity contribution in [2.75, 3.05) is 13.1 Å². The Morgan fingerprint density at radius 2 is 2.07 bits per heavy atom. The molecule has 2 atom stereocenters. The molecule has 1 heterocycles. The van der Waals surface area contributed by atoms with Gasteiger partial charge in [-0.25, -0.2) is 4.79 Å². The second kappa shape index (κ2) is 9.00. The minimum atomic E-state index is -1.26. The van der Waals surface area contributed by atoms with Gasteiger partial charge in [0.2, 0.25) is 0 Å². The monoisotopic (exact) mass is 461 g/mol. The highest BCUT2D eigenvalue weighted by Crippen LogP contribution is 2.24. The smallest absolute Gasteiger partial charge is 0.410 e. The van der Waals surface area contributed by atoms with E-state index in [1.54, 1.807) is 12.1 Å². The fraction of sp³-hybridized carbons (Fsp3) is 0.318. The van der Waals surface area contributed by atoms with E-state index in [9.17, 15) is 9.90 Å². The molecule has 2 aromatic carbocycles. The van der Waals surface area contributed by atoms with E-state index in [0.29, 0.717) is 24.4 Å². The zero-order chi connectivity index (χ0) is 20.1.